The number of hydrogen-bond acceptors (Lipinski definition) is 4. The number of carbonyl (C=O) groups is 1. The molecule has 0 fully saturated rings. The summed E-state index contributed by atoms with van der Waals surface area (Å²) in [5.74, 6) is -6.34. The molecule has 0 aliphatic heterocycles. The molecule has 2 aliphatic rings. The Kier molecular flexibility index (Phi) is 7.19. The summed E-state index contributed by atoms with van der Waals surface area (Å²) < 4.78 is 86.0. The van der Waals surface area contributed by atoms with E-state index < -0.39 is 64.4 Å². The van der Waals surface area contributed by atoms with Gasteiger partial charge in [-0.05, 0) is 61.1 Å². The Bertz CT molecular complexity index is 1700. The van der Waals surface area contributed by atoms with Crippen molar-refractivity contribution in [1.82, 2.24) is 9.55 Å². The van der Waals surface area contributed by atoms with Crippen LogP contribution in [0, 0.1) is 30.3 Å². The molecule has 2 N–H and O–H groups in total. The molecule has 2 aliphatic carbocycles. The highest BCUT2D eigenvalue weighted by atomic mass is 19.4. The van der Waals surface area contributed by atoms with Gasteiger partial charge in [-0.25, -0.2) is 18.2 Å². The first-order valence-corrected chi connectivity index (χ1v) is 12.7. The standard InChI is InChI=1S/C30H24F6N2O3/c1-14-37-27-23(38(14)2)13-20(30(34,35)36)25(29(27)41)19-5-3-4-15-6-7-17(10-16(8-9-39)24(15)19)28(40)18-11-21(31)26(33)22(32)12-18/h3-5,10-13,15,39,41H,6-9H2,1-2H3. The fourth-order valence-electron chi connectivity index (χ4n) is 5.51. The van der Waals surface area contributed by atoms with E-state index >= 15 is 0 Å². The Morgan fingerprint density at radius 2 is 1.83 bits per heavy atom. The summed E-state index contributed by atoms with van der Waals surface area (Å²) in [4.78, 5) is 17.5. The number of carbonyl (C=O) groups excluding carboxylic acids is 1. The molecule has 1 heterocycles. The maximum atomic E-state index is 14.5. The van der Waals surface area contributed by atoms with Crippen LogP contribution in [-0.2, 0) is 13.2 Å². The van der Waals surface area contributed by atoms with Crippen LogP contribution in [0.2, 0.25) is 0 Å². The molecule has 5 rings (SSSR count). The van der Waals surface area contributed by atoms with Gasteiger partial charge in [0.05, 0.1) is 11.1 Å². The largest absolute Gasteiger partial charge is 0.505 e. The molecule has 0 saturated heterocycles. The van der Waals surface area contributed by atoms with Gasteiger partial charge in [0.1, 0.15) is 11.3 Å². The average Bonchev–Trinajstić information content (AvgIpc) is 3.08. The Morgan fingerprint density at radius 3 is 2.46 bits per heavy atom. The summed E-state index contributed by atoms with van der Waals surface area (Å²) in [6.45, 7) is 1.18. The van der Waals surface area contributed by atoms with Crippen LogP contribution in [0.25, 0.3) is 16.6 Å². The van der Waals surface area contributed by atoms with Crippen molar-refractivity contribution in [3.63, 3.8) is 0 Å². The normalized spacial score (nSPS) is 17.4. The number of Topliss-reactive ketones (excluding diaryl/α,β-unsaturated/α-hetero) is 1. The fourth-order valence-corrected chi connectivity index (χ4v) is 5.51. The lowest BCUT2D eigenvalue weighted by Crippen LogP contribution is -2.14. The summed E-state index contributed by atoms with van der Waals surface area (Å²) in [6.07, 6.45) is 1.52. The zero-order chi connectivity index (χ0) is 29.8. The van der Waals surface area contributed by atoms with E-state index in [2.05, 4.69) is 4.98 Å². The van der Waals surface area contributed by atoms with E-state index in [1.54, 1.807) is 19.1 Å². The number of aliphatic hydroxyl groups is 1. The number of hydrogen-bond donors (Lipinski definition) is 2. The number of aryl methyl sites for hydroxylation is 2. The predicted octanol–water partition coefficient (Wildman–Crippen LogP) is 6.87. The third-order valence-corrected chi connectivity index (χ3v) is 7.55. The summed E-state index contributed by atoms with van der Waals surface area (Å²) in [5.41, 5.74) is -1.07. The van der Waals surface area contributed by atoms with E-state index in [-0.39, 0.29) is 41.4 Å². The number of rotatable bonds is 5. The van der Waals surface area contributed by atoms with Crippen LogP contribution in [0.1, 0.15) is 46.6 Å². The molecule has 5 nitrogen and oxygen atoms in total. The second-order valence-corrected chi connectivity index (χ2v) is 10.0. The Balaban J connectivity index is 1.73. The first kappa shape index (κ1) is 28.4. The lowest BCUT2D eigenvalue weighted by Gasteiger charge is -2.27. The molecule has 0 radical (unpaired) electrons. The van der Waals surface area contributed by atoms with Gasteiger partial charge >= 0.3 is 6.18 Å². The van der Waals surface area contributed by atoms with E-state index in [0.29, 0.717) is 29.1 Å². The van der Waals surface area contributed by atoms with Crippen molar-refractivity contribution in [1.29, 1.82) is 0 Å². The molecule has 0 saturated carbocycles. The molecular weight excluding hydrogens is 550 g/mol. The smallest absolute Gasteiger partial charge is 0.417 e. The van der Waals surface area contributed by atoms with Crippen LogP contribution >= 0.6 is 0 Å². The summed E-state index contributed by atoms with van der Waals surface area (Å²) in [6, 6.07) is 2.10. The van der Waals surface area contributed by atoms with Gasteiger partial charge in [0.25, 0.3) is 0 Å². The number of benzene rings is 2. The molecule has 214 valence electrons. The lowest BCUT2D eigenvalue weighted by atomic mass is 9.78. The number of halogens is 6. The number of alkyl halides is 3. The zero-order valence-electron chi connectivity index (χ0n) is 21.9. The predicted molar refractivity (Wildman–Crippen MR) is 139 cm³/mol. The van der Waals surface area contributed by atoms with Gasteiger partial charge in [-0.1, -0.05) is 24.3 Å². The van der Waals surface area contributed by atoms with Crippen molar-refractivity contribution in [2.45, 2.75) is 32.4 Å². The monoisotopic (exact) mass is 574 g/mol. The first-order chi connectivity index (χ1) is 19.3. The molecule has 1 atom stereocenters. The van der Waals surface area contributed by atoms with Crippen LogP contribution in [-0.4, -0.2) is 32.2 Å². The van der Waals surface area contributed by atoms with E-state index in [1.807, 2.05) is 0 Å². The molecule has 2 aromatic carbocycles. The SMILES string of the molecule is Cc1nc2c(O)c(C3=CC=CC4CCC(C(=O)c5cc(F)c(F)c(F)c5)=CC(CCO)=C34)c(C(F)(F)F)cc2n1C. The maximum Gasteiger partial charge on any atom is 0.417 e. The lowest BCUT2D eigenvalue weighted by molar-refractivity contribution is -0.137. The van der Waals surface area contributed by atoms with Crippen molar-refractivity contribution in [3.8, 4) is 5.75 Å². The molecule has 1 aromatic heterocycles. The van der Waals surface area contributed by atoms with E-state index in [9.17, 15) is 41.4 Å². The highest BCUT2D eigenvalue weighted by molar-refractivity contribution is 6.09. The third kappa shape index (κ3) is 4.88. The van der Waals surface area contributed by atoms with E-state index in [0.717, 1.165) is 6.07 Å². The number of aliphatic hydroxyl groups excluding tert-OH is 1. The molecule has 0 bridgehead atoms. The Labute approximate surface area is 230 Å². The van der Waals surface area contributed by atoms with Gasteiger partial charge in [0.2, 0.25) is 0 Å². The van der Waals surface area contributed by atoms with Crippen molar-refractivity contribution in [2.24, 2.45) is 13.0 Å². The minimum absolute atomic E-state index is 0.00953. The molecule has 3 aromatic rings. The minimum Gasteiger partial charge on any atom is -0.505 e. The topological polar surface area (TPSA) is 75.3 Å². The van der Waals surface area contributed by atoms with Crippen LogP contribution in [0.4, 0.5) is 26.3 Å². The average molecular weight is 575 g/mol. The third-order valence-electron chi connectivity index (χ3n) is 7.55. The van der Waals surface area contributed by atoms with E-state index in [4.69, 9.17) is 0 Å². The van der Waals surface area contributed by atoms with E-state index in [1.165, 1.54) is 23.8 Å². The zero-order valence-corrected chi connectivity index (χ0v) is 21.9. The number of imidazole rings is 1. The number of phenols is 1. The second kappa shape index (κ2) is 10.4. The van der Waals surface area contributed by atoms with Crippen molar-refractivity contribution >= 4 is 22.4 Å². The Morgan fingerprint density at radius 1 is 1.15 bits per heavy atom. The van der Waals surface area contributed by atoms with Gasteiger partial charge in [0, 0.05) is 36.3 Å². The highest BCUT2D eigenvalue weighted by Gasteiger charge is 2.39. The number of ketones is 1. The van der Waals surface area contributed by atoms with Gasteiger partial charge in [-0.3, -0.25) is 4.79 Å². The molecule has 41 heavy (non-hydrogen) atoms. The van der Waals surface area contributed by atoms with Gasteiger partial charge in [-0.15, -0.1) is 0 Å². The van der Waals surface area contributed by atoms with Gasteiger partial charge in [0.15, 0.2) is 29.0 Å². The van der Waals surface area contributed by atoms with Crippen molar-refractivity contribution in [3.05, 3.63) is 99.2 Å². The molecular formula is C30H24F6N2O3. The van der Waals surface area contributed by atoms with Crippen LogP contribution in [0.3, 0.4) is 0 Å². The Hall–Kier alpha value is -4.12. The van der Waals surface area contributed by atoms with Crippen molar-refractivity contribution < 1.29 is 41.4 Å². The number of aromatic nitrogens is 2. The van der Waals surface area contributed by atoms with Gasteiger partial charge in [-0.2, -0.15) is 13.2 Å². The number of nitrogens with zero attached hydrogens (tertiary/aromatic N) is 2. The van der Waals surface area contributed by atoms with Crippen LogP contribution in [0.5, 0.6) is 5.75 Å². The van der Waals surface area contributed by atoms with Crippen LogP contribution < -0.4 is 0 Å². The molecule has 11 heteroatoms. The first-order valence-electron chi connectivity index (χ1n) is 12.7. The number of allylic oxidation sites excluding steroid dienone is 7. The maximum absolute atomic E-state index is 14.5. The second-order valence-electron chi connectivity index (χ2n) is 10.0. The van der Waals surface area contributed by atoms with Gasteiger partial charge < -0.3 is 14.8 Å². The summed E-state index contributed by atoms with van der Waals surface area (Å²) in [5, 5.41) is 21.1. The molecule has 1 unspecified atom stereocenters. The highest BCUT2D eigenvalue weighted by Crippen LogP contribution is 2.49. The fraction of sp³-hybridized carbons (Fsp3) is 0.267. The van der Waals surface area contributed by atoms with Crippen molar-refractivity contribution in [2.75, 3.05) is 6.61 Å². The van der Waals surface area contributed by atoms with Crippen LogP contribution in [0.15, 0.2) is 59.2 Å². The number of fused-ring (bicyclic) bond motifs is 2. The molecule has 0 amide bonds. The number of phenolic OH excluding ortho intramolecular Hbond substituents is 1. The minimum atomic E-state index is -4.85. The summed E-state index contributed by atoms with van der Waals surface area (Å²) in [7, 11) is 1.54. The summed E-state index contributed by atoms with van der Waals surface area (Å²) >= 11 is 0. The molecule has 0 spiro atoms. The number of aromatic hydroxyl groups is 1. The quantitative estimate of drug-likeness (QED) is 0.198.